The molecule has 0 fully saturated rings. The van der Waals surface area contributed by atoms with Crippen molar-refractivity contribution in [2.75, 3.05) is 7.11 Å². The van der Waals surface area contributed by atoms with Crippen molar-refractivity contribution in [2.45, 2.75) is 20.8 Å². The van der Waals surface area contributed by atoms with Crippen molar-refractivity contribution < 1.29 is 9.66 Å². The van der Waals surface area contributed by atoms with Crippen molar-refractivity contribution in [3.05, 3.63) is 33.9 Å². The molecule has 0 atom stereocenters. The maximum atomic E-state index is 10.4. The van der Waals surface area contributed by atoms with Gasteiger partial charge in [-0.3, -0.25) is 10.1 Å². The molecule has 14 heavy (non-hydrogen) atoms. The molecule has 1 aromatic carbocycles. The second-order valence-electron chi connectivity index (χ2n) is 2.41. The first kappa shape index (κ1) is 12.4. The van der Waals surface area contributed by atoms with E-state index < -0.39 is 4.92 Å². The summed E-state index contributed by atoms with van der Waals surface area (Å²) in [5.74, 6) is 0.507. The molecule has 0 saturated carbocycles. The Morgan fingerprint density at radius 1 is 1.36 bits per heavy atom. The van der Waals surface area contributed by atoms with Crippen molar-refractivity contribution in [2.24, 2.45) is 0 Å². The Hall–Kier alpha value is -1.58. The number of nitro groups is 1. The summed E-state index contributed by atoms with van der Waals surface area (Å²) in [5.41, 5.74) is 0.732. The molecule has 0 aliphatic rings. The molecule has 0 spiro atoms. The van der Waals surface area contributed by atoms with E-state index in [2.05, 4.69) is 0 Å². The molecule has 0 aliphatic heterocycles. The van der Waals surface area contributed by atoms with E-state index in [1.807, 2.05) is 13.8 Å². The monoisotopic (exact) mass is 197 g/mol. The first-order valence-corrected chi connectivity index (χ1v) is 4.44. The predicted molar refractivity (Wildman–Crippen MR) is 55.7 cm³/mol. The van der Waals surface area contributed by atoms with Crippen molar-refractivity contribution in [3.63, 3.8) is 0 Å². The molecule has 0 aromatic heterocycles. The van der Waals surface area contributed by atoms with Crippen LogP contribution in [0.2, 0.25) is 0 Å². The maximum Gasteiger partial charge on any atom is 0.275 e. The number of aryl methyl sites for hydroxylation is 1. The molecule has 0 saturated heterocycles. The molecule has 0 heterocycles. The third-order valence-corrected chi connectivity index (χ3v) is 1.61. The lowest BCUT2D eigenvalue weighted by molar-refractivity contribution is -0.385. The van der Waals surface area contributed by atoms with Gasteiger partial charge in [-0.15, -0.1) is 0 Å². The van der Waals surface area contributed by atoms with Crippen LogP contribution in [0.3, 0.4) is 0 Å². The highest BCUT2D eigenvalue weighted by Gasteiger charge is 2.10. The van der Waals surface area contributed by atoms with E-state index in [0.717, 1.165) is 0 Å². The molecule has 0 radical (unpaired) electrons. The van der Waals surface area contributed by atoms with Gasteiger partial charge >= 0.3 is 0 Å². The van der Waals surface area contributed by atoms with Crippen molar-refractivity contribution >= 4 is 5.69 Å². The summed E-state index contributed by atoms with van der Waals surface area (Å²) in [7, 11) is 1.48. The van der Waals surface area contributed by atoms with E-state index in [1.54, 1.807) is 19.1 Å². The summed E-state index contributed by atoms with van der Waals surface area (Å²) in [6.07, 6.45) is 0. The van der Waals surface area contributed by atoms with Crippen molar-refractivity contribution in [1.82, 2.24) is 0 Å². The molecule has 1 aromatic rings. The summed E-state index contributed by atoms with van der Waals surface area (Å²) in [6.45, 7) is 5.69. The lowest BCUT2D eigenvalue weighted by Crippen LogP contribution is -1.92. The minimum Gasteiger partial charge on any atom is -0.497 e. The second-order valence-corrected chi connectivity index (χ2v) is 2.41. The molecule has 4 heteroatoms. The van der Waals surface area contributed by atoms with Crippen molar-refractivity contribution in [1.29, 1.82) is 0 Å². The second kappa shape index (κ2) is 5.96. The molecule has 78 valence electrons. The van der Waals surface area contributed by atoms with Gasteiger partial charge in [0.05, 0.1) is 18.1 Å². The average molecular weight is 197 g/mol. The number of methoxy groups -OCH3 is 1. The molecule has 0 bridgehead atoms. The van der Waals surface area contributed by atoms with Gasteiger partial charge in [0, 0.05) is 5.56 Å². The number of ether oxygens (including phenoxy) is 1. The fourth-order valence-corrected chi connectivity index (χ4v) is 0.913. The average Bonchev–Trinajstić information content (AvgIpc) is 2.21. The van der Waals surface area contributed by atoms with Crippen LogP contribution in [0.5, 0.6) is 5.75 Å². The predicted octanol–water partition coefficient (Wildman–Crippen LogP) is 2.94. The summed E-state index contributed by atoms with van der Waals surface area (Å²) >= 11 is 0. The maximum absolute atomic E-state index is 10.4. The highest BCUT2D eigenvalue weighted by Crippen LogP contribution is 2.23. The van der Waals surface area contributed by atoms with E-state index in [4.69, 9.17) is 4.74 Å². The van der Waals surface area contributed by atoms with Crippen LogP contribution in [-0.2, 0) is 0 Å². The fraction of sp³-hybridized carbons (Fsp3) is 0.400. The molecule has 0 amide bonds. The first-order chi connectivity index (χ1) is 6.65. The van der Waals surface area contributed by atoms with Crippen LogP contribution in [0, 0.1) is 17.0 Å². The third kappa shape index (κ3) is 3.05. The van der Waals surface area contributed by atoms with E-state index in [-0.39, 0.29) is 5.69 Å². The molecule has 1 rings (SSSR count). The number of hydrogen-bond acceptors (Lipinski definition) is 3. The minimum atomic E-state index is -0.419. The topological polar surface area (TPSA) is 52.4 Å². The number of nitrogens with zero attached hydrogens (tertiary/aromatic N) is 1. The first-order valence-electron chi connectivity index (χ1n) is 4.44. The zero-order valence-corrected chi connectivity index (χ0v) is 8.90. The van der Waals surface area contributed by atoms with Gasteiger partial charge in [0.1, 0.15) is 5.75 Å². The van der Waals surface area contributed by atoms with E-state index in [0.29, 0.717) is 11.3 Å². The zero-order chi connectivity index (χ0) is 11.1. The highest BCUT2D eigenvalue weighted by molar-refractivity contribution is 5.44. The van der Waals surface area contributed by atoms with Gasteiger partial charge in [0.25, 0.3) is 5.69 Å². The largest absolute Gasteiger partial charge is 0.497 e. The lowest BCUT2D eigenvalue weighted by Gasteiger charge is -2.00. The summed E-state index contributed by atoms with van der Waals surface area (Å²) in [6, 6.07) is 4.77. The SMILES string of the molecule is CC.COc1ccc(C)c([N+](=O)[O-])c1. The van der Waals surface area contributed by atoms with Gasteiger partial charge in [0.15, 0.2) is 0 Å². The van der Waals surface area contributed by atoms with Gasteiger partial charge in [-0.05, 0) is 19.1 Å². The van der Waals surface area contributed by atoms with Crippen LogP contribution in [-0.4, -0.2) is 12.0 Å². The van der Waals surface area contributed by atoms with Crippen LogP contribution in [0.4, 0.5) is 5.69 Å². The van der Waals surface area contributed by atoms with Crippen LogP contribution in [0.1, 0.15) is 19.4 Å². The number of hydrogen-bond donors (Lipinski definition) is 0. The molecule has 0 N–H and O–H groups in total. The van der Waals surface area contributed by atoms with Crippen LogP contribution in [0.25, 0.3) is 0 Å². The summed E-state index contributed by atoms with van der Waals surface area (Å²) in [5, 5.41) is 10.4. The Balaban J connectivity index is 0.000000791. The van der Waals surface area contributed by atoms with Crippen molar-refractivity contribution in [3.8, 4) is 5.75 Å². The van der Waals surface area contributed by atoms with Gasteiger partial charge in [-0.1, -0.05) is 13.8 Å². The standard InChI is InChI=1S/C8H9NO3.C2H6/c1-6-3-4-7(12-2)5-8(6)9(10)11;1-2/h3-5H,1-2H3;1-2H3. The smallest absolute Gasteiger partial charge is 0.275 e. The number of rotatable bonds is 2. The molecular formula is C10H15NO3. The van der Waals surface area contributed by atoms with Gasteiger partial charge in [0.2, 0.25) is 0 Å². The van der Waals surface area contributed by atoms with E-state index in [1.165, 1.54) is 13.2 Å². The van der Waals surface area contributed by atoms with Gasteiger partial charge < -0.3 is 4.74 Å². The fourth-order valence-electron chi connectivity index (χ4n) is 0.913. The third-order valence-electron chi connectivity index (χ3n) is 1.61. The van der Waals surface area contributed by atoms with Crippen LogP contribution < -0.4 is 4.74 Å². The number of nitro benzene ring substituents is 1. The Morgan fingerprint density at radius 3 is 2.36 bits per heavy atom. The minimum absolute atomic E-state index is 0.0920. The molecular weight excluding hydrogens is 182 g/mol. The van der Waals surface area contributed by atoms with Gasteiger partial charge in [-0.25, -0.2) is 0 Å². The molecule has 4 nitrogen and oxygen atoms in total. The Morgan fingerprint density at radius 2 is 1.93 bits per heavy atom. The summed E-state index contributed by atoms with van der Waals surface area (Å²) in [4.78, 5) is 10.0. The normalized spacial score (nSPS) is 8.57. The quantitative estimate of drug-likeness (QED) is 0.541. The Labute approximate surface area is 83.7 Å². The Bertz CT molecular complexity index is 310. The summed E-state index contributed by atoms with van der Waals surface area (Å²) < 4.78 is 4.86. The molecule has 0 unspecified atom stereocenters. The lowest BCUT2D eigenvalue weighted by atomic mass is 10.2. The van der Waals surface area contributed by atoms with E-state index >= 15 is 0 Å². The van der Waals surface area contributed by atoms with Crippen LogP contribution >= 0.6 is 0 Å². The zero-order valence-electron chi connectivity index (χ0n) is 8.90. The highest BCUT2D eigenvalue weighted by atomic mass is 16.6. The Kier molecular flexibility index (Phi) is 5.29. The van der Waals surface area contributed by atoms with Gasteiger partial charge in [-0.2, -0.15) is 0 Å². The van der Waals surface area contributed by atoms with Crippen LogP contribution in [0.15, 0.2) is 18.2 Å². The number of benzene rings is 1. The van der Waals surface area contributed by atoms with E-state index in [9.17, 15) is 10.1 Å². The molecule has 0 aliphatic carbocycles.